The Hall–Kier alpha value is -2.48. The Morgan fingerprint density at radius 2 is 1.96 bits per heavy atom. The second kappa shape index (κ2) is 10.4. The third kappa shape index (κ3) is 5.53. The van der Waals surface area contributed by atoms with Gasteiger partial charge in [-0.05, 0) is 50.5 Å². The Morgan fingerprint density at radius 1 is 1.24 bits per heavy atom. The van der Waals surface area contributed by atoms with E-state index >= 15 is 0 Å². The summed E-state index contributed by atoms with van der Waals surface area (Å²) in [6, 6.07) is 2.41. The molecule has 0 spiro atoms. The SMILES string of the molecule is C=C/C=C/C(C)=C/CN(/C(C=C)=C(\C)C=C)C(C)c1cc[nH]c1CC. The van der Waals surface area contributed by atoms with E-state index in [0.717, 1.165) is 24.2 Å². The summed E-state index contributed by atoms with van der Waals surface area (Å²) < 4.78 is 0. The Labute approximate surface area is 153 Å². The van der Waals surface area contributed by atoms with Gasteiger partial charge in [0.1, 0.15) is 0 Å². The Kier molecular flexibility index (Phi) is 8.55. The molecule has 1 aromatic rings. The molecule has 0 aliphatic heterocycles. The van der Waals surface area contributed by atoms with Crippen LogP contribution in [0.2, 0.25) is 0 Å². The van der Waals surface area contributed by atoms with Crippen molar-refractivity contribution in [3.05, 3.63) is 96.6 Å². The molecule has 1 aromatic heterocycles. The molecule has 0 aliphatic carbocycles. The number of hydrogen-bond donors (Lipinski definition) is 1. The van der Waals surface area contributed by atoms with E-state index in [0.29, 0.717) is 0 Å². The van der Waals surface area contributed by atoms with Crippen LogP contribution < -0.4 is 0 Å². The number of H-pyrrole nitrogens is 1. The molecule has 25 heavy (non-hydrogen) atoms. The number of hydrogen-bond acceptors (Lipinski definition) is 1. The lowest BCUT2D eigenvalue weighted by molar-refractivity contribution is 0.305. The highest BCUT2D eigenvalue weighted by Crippen LogP contribution is 2.29. The topological polar surface area (TPSA) is 19.0 Å². The van der Waals surface area contributed by atoms with E-state index in [4.69, 9.17) is 0 Å². The first-order valence-corrected chi connectivity index (χ1v) is 8.84. The van der Waals surface area contributed by atoms with E-state index in [2.05, 4.69) is 75.5 Å². The first-order chi connectivity index (χ1) is 12.0. The van der Waals surface area contributed by atoms with E-state index in [1.165, 1.54) is 16.8 Å². The Morgan fingerprint density at radius 3 is 2.52 bits per heavy atom. The molecule has 1 atom stereocenters. The van der Waals surface area contributed by atoms with Crippen LogP contribution in [0.5, 0.6) is 0 Å². The summed E-state index contributed by atoms with van der Waals surface area (Å²) in [4.78, 5) is 5.73. The summed E-state index contributed by atoms with van der Waals surface area (Å²) in [7, 11) is 0. The fraction of sp³-hybridized carbons (Fsp3) is 0.304. The minimum absolute atomic E-state index is 0.233. The van der Waals surface area contributed by atoms with Gasteiger partial charge in [0.25, 0.3) is 0 Å². The maximum absolute atomic E-state index is 4.03. The number of aromatic amines is 1. The van der Waals surface area contributed by atoms with Gasteiger partial charge in [0.15, 0.2) is 0 Å². The molecule has 1 rings (SSSR count). The van der Waals surface area contributed by atoms with Crippen LogP contribution in [0.25, 0.3) is 0 Å². The smallest absolute Gasteiger partial charge is 0.0535 e. The zero-order valence-corrected chi connectivity index (χ0v) is 16.2. The van der Waals surface area contributed by atoms with Crippen LogP contribution in [-0.4, -0.2) is 16.4 Å². The molecule has 0 aromatic carbocycles. The molecular weight excluding hydrogens is 304 g/mol. The van der Waals surface area contributed by atoms with Crippen molar-refractivity contribution in [2.24, 2.45) is 0 Å². The van der Waals surface area contributed by atoms with Crippen molar-refractivity contribution in [3.8, 4) is 0 Å². The minimum atomic E-state index is 0.233. The Balaban J connectivity index is 3.27. The van der Waals surface area contributed by atoms with E-state index < -0.39 is 0 Å². The molecule has 2 nitrogen and oxygen atoms in total. The fourth-order valence-electron chi connectivity index (χ4n) is 2.89. The highest BCUT2D eigenvalue weighted by molar-refractivity contribution is 5.33. The predicted molar refractivity (Wildman–Crippen MR) is 111 cm³/mol. The van der Waals surface area contributed by atoms with Gasteiger partial charge in [-0.25, -0.2) is 0 Å². The average Bonchev–Trinajstić information content (AvgIpc) is 3.10. The number of nitrogens with zero attached hydrogens (tertiary/aromatic N) is 1. The van der Waals surface area contributed by atoms with E-state index in [-0.39, 0.29) is 6.04 Å². The minimum Gasteiger partial charge on any atom is -0.365 e. The van der Waals surface area contributed by atoms with Crippen molar-refractivity contribution >= 4 is 0 Å². The largest absolute Gasteiger partial charge is 0.365 e. The maximum Gasteiger partial charge on any atom is 0.0535 e. The molecule has 0 aliphatic rings. The van der Waals surface area contributed by atoms with Crippen LogP contribution in [-0.2, 0) is 6.42 Å². The van der Waals surface area contributed by atoms with Gasteiger partial charge in [0.2, 0.25) is 0 Å². The highest BCUT2D eigenvalue weighted by atomic mass is 15.2. The molecule has 0 amide bonds. The molecule has 134 valence electrons. The molecule has 1 heterocycles. The Bertz CT molecular complexity index is 683. The summed E-state index contributed by atoms with van der Waals surface area (Å²) in [6.45, 7) is 21.1. The van der Waals surface area contributed by atoms with Gasteiger partial charge in [-0.2, -0.15) is 0 Å². The highest BCUT2D eigenvalue weighted by Gasteiger charge is 2.20. The van der Waals surface area contributed by atoms with E-state index in [9.17, 15) is 0 Å². The molecule has 0 saturated heterocycles. The van der Waals surface area contributed by atoms with Crippen LogP contribution in [0.4, 0.5) is 0 Å². The number of nitrogens with one attached hydrogen (secondary N) is 1. The number of aromatic nitrogens is 1. The van der Waals surface area contributed by atoms with Crippen molar-refractivity contribution in [1.82, 2.24) is 9.88 Å². The lowest BCUT2D eigenvalue weighted by Crippen LogP contribution is -2.27. The van der Waals surface area contributed by atoms with Crippen LogP contribution in [0, 0.1) is 0 Å². The zero-order valence-electron chi connectivity index (χ0n) is 16.2. The molecule has 2 heteroatoms. The lowest BCUT2D eigenvalue weighted by atomic mass is 10.0. The lowest BCUT2D eigenvalue weighted by Gasteiger charge is -2.33. The van der Waals surface area contributed by atoms with E-state index in [1.807, 2.05) is 24.4 Å². The second-order valence-electron chi connectivity index (χ2n) is 6.11. The van der Waals surface area contributed by atoms with Crippen molar-refractivity contribution in [1.29, 1.82) is 0 Å². The standard InChI is InChI=1S/C23H32N2/c1-8-12-13-18(5)15-17-25(23(11-4)19(6)9-2)20(7)21-14-16-24-22(21)10-3/h8-9,11-16,20,24H,1-2,4,10,17H2,3,5-7H3/b13-12+,18-15+,23-19+. The third-order valence-electron chi connectivity index (χ3n) is 4.46. The molecule has 0 radical (unpaired) electrons. The van der Waals surface area contributed by atoms with Crippen LogP contribution in [0.15, 0.2) is 85.3 Å². The average molecular weight is 337 g/mol. The summed E-state index contributed by atoms with van der Waals surface area (Å²) in [5.41, 5.74) is 6.06. The maximum atomic E-state index is 4.03. The molecule has 0 saturated carbocycles. The number of aryl methyl sites for hydroxylation is 1. The third-order valence-corrected chi connectivity index (χ3v) is 4.46. The predicted octanol–water partition coefficient (Wildman–Crippen LogP) is 6.27. The van der Waals surface area contributed by atoms with Gasteiger partial charge in [0, 0.05) is 24.1 Å². The molecule has 1 N–H and O–H groups in total. The summed E-state index contributed by atoms with van der Waals surface area (Å²) in [5.74, 6) is 0. The molecule has 0 fully saturated rings. The normalized spacial score (nSPS) is 14.2. The van der Waals surface area contributed by atoms with Crippen molar-refractivity contribution in [3.63, 3.8) is 0 Å². The molecule has 0 bridgehead atoms. The van der Waals surface area contributed by atoms with Gasteiger partial charge in [-0.15, -0.1) is 0 Å². The van der Waals surface area contributed by atoms with Crippen molar-refractivity contribution in [2.45, 2.75) is 40.2 Å². The van der Waals surface area contributed by atoms with Crippen LogP contribution in [0.1, 0.15) is 45.0 Å². The molecule has 1 unspecified atom stereocenters. The first-order valence-electron chi connectivity index (χ1n) is 8.84. The summed E-state index contributed by atoms with van der Waals surface area (Å²) in [6.07, 6.45) is 14.9. The number of rotatable bonds is 10. The van der Waals surface area contributed by atoms with Gasteiger partial charge in [-0.1, -0.05) is 62.6 Å². The molecular formula is C23H32N2. The second-order valence-corrected chi connectivity index (χ2v) is 6.11. The summed E-state index contributed by atoms with van der Waals surface area (Å²) >= 11 is 0. The van der Waals surface area contributed by atoms with Crippen molar-refractivity contribution < 1.29 is 0 Å². The quantitative estimate of drug-likeness (QED) is 0.499. The van der Waals surface area contributed by atoms with Crippen LogP contribution in [0.3, 0.4) is 0 Å². The monoisotopic (exact) mass is 336 g/mol. The van der Waals surface area contributed by atoms with Gasteiger partial charge >= 0.3 is 0 Å². The van der Waals surface area contributed by atoms with Crippen molar-refractivity contribution in [2.75, 3.05) is 6.54 Å². The first kappa shape index (κ1) is 20.6. The number of allylic oxidation sites excluding steroid dienone is 7. The van der Waals surface area contributed by atoms with Crippen LogP contribution >= 0.6 is 0 Å². The van der Waals surface area contributed by atoms with Gasteiger partial charge in [-0.3, -0.25) is 0 Å². The van der Waals surface area contributed by atoms with E-state index in [1.54, 1.807) is 6.08 Å². The fourth-order valence-corrected chi connectivity index (χ4v) is 2.89. The van der Waals surface area contributed by atoms with Gasteiger partial charge in [0.05, 0.1) is 6.04 Å². The summed E-state index contributed by atoms with van der Waals surface area (Å²) in [5, 5.41) is 0. The van der Waals surface area contributed by atoms with Gasteiger partial charge < -0.3 is 9.88 Å². The zero-order chi connectivity index (χ0) is 18.8.